The molecule has 25 heavy (non-hydrogen) atoms. The quantitative estimate of drug-likeness (QED) is 0.431. The van der Waals surface area contributed by atoms with Crippen LogP contribution < -0.4 is 15.4 Å². The van der Waals surface area contributed by atoms with Crippen molar-refractivity contribution in [2.75, 3.05) is 26.7 Å². The van der Waals surface area contributed by atoms with E-state index >= 15 is 0 Å². The molecule has 5 nitrogen and oxygen atoms in total. The molecular weight excluding hydrogens is 332 g/mol. The van der Waals surface area contributed by atoms with Crippen LogP contribution in [0.3, 0.4) is 0 Å². The first kappa shape index (κ1) is 19.2. The normalized spacial score (nSPS) is 11.4. The second-order valence-electron chi connectivity index (χ2n) is 5.94. The highest BCUT2D eigenvalue weighted by Gasteiger charge is 2.04. The van der Waals surface area contributed by atoms with Gasteiger partial charge in [0.1, 0.15) is 5.75 Å². The van der Waals surface area contributed by atoms with Gasteiger partial charge in [0.15, 0.2) is 5.96 Å². The highest BCUT2D eigenvalue weighted by Crippen LogP contribution is 2.16. The van der Waals surface area contributed by atoms with Gasteiger partial charge in [-0.2, -0.15) is 0 Å². The molecule has 0 saturated heterocycles. The van der Waals surface area contributed by atoms with E-state index in [1.807, 2.05) is 12.1 Å². The lowest BCUT2D eigenvalue weighted by Gasteiger charge is -2.12. The van der Waals surface area contributed by atoms with E-state index in [4.69, 9.17) is 4.74 Å². The van der Waals surface area contributed by atoms with E-state index in [2.05, 4.69) is 53.5 Å². The molecule has 2 N–H and O–H groups in total. The molecule has 6 heteroatoms. The van der Waals surface area contributed by atoms with Crippen LogP contribution >= 0.6 is 11.3 Å². The third-order valence-corrected chi connectivity index (χ3v) is 4.96. The van der Waals surface area contributed by atoms with Crippen molar-refractivity contribution in [1.29, 1.82) is 0 Å². The standard InChI is InChI=1S/C19H28N4OS/c1-14-6-8-17(9-7-14)24-13-5-11-21-19(20-4)22-12-10-18-23-15(2)16(3)25-18/h6-9H,5,10-13H2,1-4H3,(H2,20,21,22). The highest BCUT2D eigenvalue weighted by atomic mass is 32.1. The van der Waals surface area contributed by atoms with E-state index in [1.165, 1.54) is 15.4 Å². The van der Waals surface area contributed by atoms with Crippen LogP contribution in [-0.2, 0) is 6.42 Å². The van der Waals surface area contributed by atoms with Crippen LogP contribution in [0, 0.1) is 20.8 Å². The Morgan fingerprint density at radius 1 is 1.12 bits per heavy atom. The number of hydrogen-bond donors (Lipinski definition) is 2. The SMILES string of the molecule is CN=C(NCCCOc1ccc(C)cc1)NCCc1nc(C)c(C)s1. The molecule has 0 aliphatic carbocycles. The molecule has 0 bridgehead atoms. The summed E-state index contributed by atoms with van der Waals surface area (Å²) in [7, 11) is 1.79. The lowest BCUT2D eigenvalue weighted by atomic mass is 10.2. The molecule has 0 saturated carbocycles. The first-order valence-corrected chi connectivity index (χ1v) is 9.47. The van der Waals surface area contributed by atoms with Crippen molar-refractivity contribution in [2.24, 2.45) is 4.99 Å². The Balaban J connectivity index is 1.59. The smallest absolute Gasteiger partial charge is 0.190 e. The van der Waals surface area contributed by atoms with Crippen LogP contribution in [0.5, 0.6) is 5.75 Å². The van der Waals surface area contributed by atoms with Crippen molar-refractivity contribution in [3.63, 3.8) is 0 Å². The molecule has 0 atom stereocenters. The molecule has 0 radical (unpaired) electrons. The number of aliphatic imine (C=N–C) groups is 1. The molecule has 0 fully saturated rings. The van der Waals surface area contributed by atoms with Gasteiger partial charge in [0, 0.05) is 31.4 Å². The van der Waals surface area contributed by atoms with E-state index in [0.29, 0.717) is 6.61 Å². The van der Waals surface area contributed by atoms with Gasteiger partial charge < -0.3 is 15.4 Å². The zero-order chi connectivity index (χ0) is 18.1. The Morgan fingerprint density at radius 3 is 2.48 bits per heavy atom. The number of aryl methyl sites for hydroxylation is 3. The van der Waals surface area contributed by atoms with Gasteiger partial charge in [-0.3, -0.25) is 4.99 Å². The molecule has 136 valence electrons. The van der Waals surface area contributed by atoms with Gasteiger partial charge >= 0.3 is 0 Å². The fraction of sp³-hybridized carbons (Fsp3) is 0.474. The number of nitrogens with zero attached hydrogens (tertiary/aromatic N) is 2. The molecule has 0 unspecified atom stereocenters. The van der Waals surface area contributed by atoms with E-state index in [9.17, 15) is 0 Å². The third-order valence-electron chi connectivity index (χ3n) is 3.83. The van der Waals surface area contributed by atoms with E-state index in [0.717, 1.165) is 43.3 Å². The van der Waals surface area contributed by atoms with E-state index in [1.54, 1.807) is 18.4 Å². The van der Waals surface area contributed by atoms with Crippen LogP contribution in [0.1, 0.15) is 27.6 Å². The monoisotopic (exact) mass is 360 g/mol. The summed E-state index contributed by atoms with van der Waals surface area (Å²) in [6.45, 7) is 8.58. The number of ether oxygens (including phenoxy) is 1. The number of benzene rings is 1. The van der Waals surface area contributed by atoms with Crippen molar-refractivity contribution in [3.8, 4) is 5.75 Å². The van der Waals surface area contributed by atoms with Gasteiger partial charge in [0.25, 0.3) is 0 Å². The molecule has 1 heterocycles. The summed E-state index contributed by atoms with van der Waals surface area (Å²) in [5, 5.41) is 7.81. The molecule has 1 aromatic heterocycles. The van der Waals surface area contributed by atoms with Crippen molar-refractivity contribution in [3.05, 3.63) is 45.4 Å². The summed E-state index contributed by atoms with van der Waals surface area (Å²) in [6.07, 6.45) is 1.83. The summed E-state index contributed by atoms with van der Waals surface area (Å²) < 4.78 is 5.72. The lowest BCUT2D eigenvalue weighted by molar-refractivity contribution is 0.311. The Bertz CT molecular complexity index is 660. The first-order valence-electron chi connectivity index (χ1n) is 8.65. The highest BCUT2D eigenvalue weighted by molar-refractivity contribution is 7.11. The van der Waals surface area contributed by atoms with Gasteiger partial charge in [-0.1, -0.05) is 17.7 Å². The van der Waals surface area contributed by atoms with Crippen molar-refractivity contribution in [1.82, 2.24) is 15.6 Å². The molecule has 1 aromatic carbocycles. The van der Waals surface area contributed by atoms with E-state index < -0.39 is 0 Å². The minimum atomic E-state index is 0.685. The number of thiazole rings is 1. The Morgan fingerprint density at radius 2 is 1.84 bits per heavy atom. The molecule has 0 aliphatic heterocycles. The molecule has 0 aliphatic rings. The summed E-state index contributed by atoms with van der Waals surface area (Å²) in [6, 6.07) is 8.13. The first-order chi connectivity index (χ1) is 12.1. The number of hydrogen-bond acceptors (Lipinski definition) is 4. The largest absolute Gasteiger partial charge is 0.494 e. The Labute approximate surface area is 154 Å². The molecule has 0 amide bonds. The third kappa shape index (κ3) is 6.74. The summed E-state index contributed by atoms with van der Waals surface area (Å²) in [4.78, 5) is 10.1. The van der Waals surface area contributed by atoms with Crippen LogP contribution in [-0.4, -0.2) is 37.7 Å². The summed E-state index contributed by atoms with van der Waals surface area (Å²) in [5.41, 5.74) is 2.38. The molecule has 2 rings (SSSR count). The van der Waals surface area contributed by atoms with Gasteiger partial charge in [0.2, 0.25) is 0 Å². The Hall–Kier alpha value is -2.08. The van der Waals surface area contributed by atoms with Crippen LogP contribution in [0.15, 0.2) is 29.3 Å². The van der Waals surface area contributed by atoms with Crippen molar-refractivity contribution in [2.45, 2.75) is 33.6 Å². The average Bonchev–Trinajstić information content (AvgIpc) is 2.92. The maximum Gasteiger partial charge on any atom is 0.190 e. The van der Waals surface area contributed by atoms with Gasteiger partial charge in [0.05, 0.1) is 17.3 Å². The molecular formula is C19H28N4OS. The molecule has 2 aromatic rings. The number of aromatic nitrogens is 1. The molecule has 0 spiro atoms. The van der Waals surface area contributed by atoms with Gasteiger partial charge in [-0.25, -0.2) is 4.98 Å². The zero-order valence-corrected chi connectivity index (χ0v) is 16.4. The average molecular weight is 361 g/mol. The second kappa shape index (κ2) is 10.0. The van der Waals surface area contributed by atoms with Crippen LogP contribution in [0.2, 0.25) is 0 Å². The number of nitrogens with one attached hydrogen (secondary N) is 2. The van der Waals surface area contributed by atoms with Crippen molar-refractivity contribution >= 4 is 17.3 Å². The maximum absolute atomic E-state index is 5.72. The number of rotatable bonds is 8. The Kier molecular flexibility index (Phi) is 7.73. The van der Waals surface area contributed by atoms with Gasteiger partial charge in [-0.15, -0.1) is 11.3 Å². The predicted molar refractivity (Wildman–Crippen MR) is 106 cm³/mol. The van der Waals surface area contributed by atoms with Crippen molar-refractivity contribution < 1.29 is 4.74 Å². The fourth-order valence-corrected chi connectivity index (χ4v) is 3.19. The zero-order valence-electron chi connectivity index (χ0n) is 15.6. The minimum Gasteiger partial charge on any atom is -0.494 e. The van der Waals surface area contributed by atoms with Crippen LogP contribution in [0.4, 0.5) is 0 Å². The maximum atomic E-state index is 5.72. The second-order valence-corrected chi connectivity index (χ2v) is 7.23. The fourth-order valence-electron chi connectivity index (χ4n) is 2.26. The van der Waals surface area contributed by atoms with E-state index in [-0.39, 0.29) is 0 Å². The topological polar surface area (TPSA) is 58.5 Å². The van der Waals surface area contributed by atoms with Gasteiger partial charge in [-0.05, 0) is 39.3 Å². The predicted octanol–water partition coefficient (Wildman–Crippen LogP) is 3.24. The summed E-state index contributed by atoms with van der Waals surface area (Å²) >= 11 is 1.77. The van der Waals surface area contributed by atoms with Crippen LogP contribution in [0.25, 0.3) is 0 Å². The number of guanidine groups is 1. The minimum absolute atomic E-state index is 0.685. The summed E-state index contributed by atoms with van der Waals surface area (Å²) in [5.74, 6) is 1.74. The lowest BCUT2D eigenvalue weighted by Crippen LogP contribution is -2.39.